The van der Waals surface area contributed by atoms with Gasteiger partial charge in [-0.25, -0.2) is 0 Å². The van der Waals surface area contributed by atoms with Crippen LogP contribution in [-0.4, -0.2) is 142 Å². The first-order chi connectivity index (χ1) is 37.5. The number of rotatable bonds is 53. The first-order valence-corrected chi connectivity index (χ1v) is 32.1. The van der Waals surface area contributed by atoms with Crippen molar-refractivity contribution in [2.24, 2.45) is 0 Å². The molecule has 2 aliphatic heterocycles. The molecule has 15 nitrogen and oxygen atoms in total. The summed E-state index contributed by atoms with van der Waals surface area (Å²) in [6, 6.07) is 0. The molecular formula is C62H118O15. The van der Waals surface area contributed by atoms with Crippen LogP contribution in [0.1, 0.15) is 290 Å². The molecule has 4 unspecified atom stereocenters. The molecule has 0 saturated carbocycles. The average Bonchev–Trinajstić information content (AvgIpc) is 3.43. The van der Waals surface area contributed by atoms with Gasteiger partial charge in [0.25, 0.3) is 0 Å². The fraction of sp³-hybridized carbons (Fsp3) is 0.968. The van der Waals surface area contributed by atoms with Gasteiger partial charge >= 0.3 is 11.9 Å². The fourth-order valence-electron chi connectivity index (χ4n) is 10.6. The van der Waals surface area contributed by atoms with Crippen LogP contribution in [0, 0.1) is 0 Å². The first-order valence-electron chi connectivity index (χ1n) is 32.1. The predicted octanol–water partition coefficient (Wildman–Crippen LogP) is 11.9. The maximum Gasteiger partial charge on any atom is 0.306 e. The number of aliphatic hydroxyl groups excluding tert-OH is 7. The highest BCUT2D eigenvalue weighted by Gasteiger charge is 2.47. The SMILES string of the molecule is CCCCCCCCCCCCCCCCCCCCCCCC(=O)O[C@H](COC(=O)CCCCCCCCCCCCCCCCCCCCCC)CO[C@H]1O[C@@H](CO[C@H]2O[C@@H](CO)[C@@H](O)C(O)C2O)[C@@H](O)C(O)C1O. The highest BCUT2D eigenvalue weighted by atomic mass is 16.7. The lowest BCUT2D eigenvalue weighted by molar-refractivity contribution is -0.332. The highest BCUT2D eigenvalue weighted by Crippen LogP contribution is 2.27. The fourth-order valence-corrected chi connectivity index (χ4v) is 10.6. The number of hydrogen-bond donors (Lipinski definition) is 7. The van der Waals surface area contributed by atoms with Crippen molar-refractivity contribution in [3.05, 3.63) is 0 Å². The molecule has 7 N–H and O–H groups in total. The van der Waals surface area contributed by atoms with E-state index in [0.29, 0.717) is 12.8 Å². The third-order valence-electron chi connectivity index (χ3n) is 15.8. The Morgan fingerprint density at radius 2 is 0.662 bits per heavy atom. The van der Waals surface area contributed by atoms with Gasteiger partial charge < -0.3 is 64.2 Å². The molecule has 2 rings (SSSR count). The average molecular weight is 1100 g/mol. The van der Waals surface area contributed by atoms with Gasteiger partial charge in [0.15, 0.2) is 18.7 Å². The summed E-state index contributed by atoms with van der Waals surface area (Å²) in [5.74, 6) is -0.899. The smallest absolute Gasteiger partial charge is 0.306 e. The Bertz CT molecular complexity index is 1340. The molecule has 0 aromatic carbocycles. The van der Waals surface area contributed by atoms with Crippen molar-refractivity contribution in [1.29, 1.82) is 0 Å². The third-order valence-corrected chi connectivity index (χ3v) is 15.8. The second kappa shape index (κ2) is 49.1. The van der Waals surface area contributed by atoms with Gasteiger partial charge in [0.2, 0.25) is 0 Å². The topological polar surface area (TPSA) is 231 Å². The summed E-state index contributed by atoms with van der Waals surface area (Å²) < 4.78 is 33.8. The van der Waals surface area contributed by atoms with Crippen LogP contribution in [0.25, 0.3) is 0 Å². The Balaban J connectivity index is 1.70. The van der Waals surface area contributed by atoms with Crippen molar-refractivity contribution in [2.45, 2.75) is 357 Å². The zero-order valence-corrected chi connectivity index (χ0v) is 49.0. The zero-order chi connectivity index (χ0) is 56.0. The van der Waals surface area contributed by atoms with Crippen molar-refractivity contribution < 1.29 is 73.8 Å². The minimum absolute atomic E-state index is 0.174. The number of carbonyl (C=O) groups excluding carboxylic acids is 2. The van der Waals surface area contributed by atoms with Crippen LogP contribution in [0.4, 0.5) is 0 Å². The van der Waals surface area contributed by atoms with Gasteiger partial charge in [-0.3, -0.25) is 9.59 Å². The molecule has 0 aromatic heterocycles. The van der Waals surface area contributed by atoms with Crippen LogP contribution in [-0.2, 0) is 38.0 Å². The molecule has 2 saturated heterocycles. The standard InChI is InChI=1S/C62H118O15/c1-3-5-7-9-11-13-15-17-19-21-23-25-27-29-31-33-35-37-39-41-43-45-54(65)75-50(47-72-53(64)44-42-40-38-36-34-32-30-28-26-24-22-20-18-16-14-12-10-8-6-4-2)48-73-61-60(71)58(69)56(67)52(77-61)49-74-62-59(70)57(68)55(66)51(46-63)76-62/h50-52,55-63,66-71H,3-49H2,1-2H3/t50-,51+,52+,55-,56-,57?,58?,59?,60?,61+,62+/m1/s1. The van der Waals surface area contributed by atoms with Crippen LogP contribution < -0.4 is 0 Å². The molecule has 2 fully saturated rings. The number of carbonyl (C=O) groups is 2. The van der Waals surface area contributed by atoms with Crippen molar-refractivity contribution in [2.75, 3.05) is 26.4 Å². The van der Waals surface area contributed by atoms with E-state index in [1.54, 1.807) is 0 Å². The van der Waals surface area contributed by atoms with Crippen molar-refractivity contribution in [1.82, 2.24) is 0 Å². The number of unbranched alkanes of at least 4 members (excludes halogenated alkanes) is 39. The van der Waals surface area contributed by atoms with Gasteiger partial charge in [0.1, 0.15) is 55.4 Å². The lowest BCUT2D eigenvalue weighted by atomic mass is 9.98. The third kappa shape index (κ3) is 35.9. The van der Waals surface area contributed by atoms with Gasteiger partial charge in [-0.05, 0) is 12.8 Å². The molecule has 0 aromatic rings. The van der Waals surface area contributed by atoms with Crippen LogP contribution in [0.3, 0.4) is 0 Å². The molecule has 0 aliphatic carbocycles. The molecule has 2 aliphatic rings. The molecule has 15 heteroatoms. The highest BCUT2D eigenvalue weighted by molar-refractivity contribution is 5.70. The van der Waals surface area contributed by atoms with Crippen molar-refractivity contribution in [3.8, 4) is 0 Å². The van der Waals surface area contributed by atoms with E-state index in [0.717, 1.165) is 38.5 Å². The zero-order valence-electron chi connectivity index (χ0n) is 49.0. The van der Waals surface area contributed by atoms with E-state index >= 15 is 0 Å². The summed E-state index contributed by atoms with van der Waals surface area (Å²) >= 11 is 0. The van der Waals surface area contributed by atoms with Gasteiger partial charge in [-0.15, -0.1) is 0 Å². The van der Waals surface area contributed by atoms with Gasteiger partial charge in [-0.2, -0.15) is 0 Å². The summed E-state index contributed by atoms with van der Waals surface area (Å²) in [6.07, 6.45) is 35.5. The van der Waals surface area contributed by atoms with Crippen LogP contribution in [0.5, 0.6) is 0 Å². The lowest BCUT2D eigenvalue weighted by Gasteiger charge is -2.42. The Hall–Kier alpha value is -1.50. The van der Waals surface area contributed by atoms with Gasteiger partial charge in [0, 0.05) is 12.8 Å². The lowest BCUT2D eigenvalue weighted by Crippen LogP contribution is -2.61. The van der Waals surface area contributed by atoms with Crippen LogP contribution in [0.2, 0.25) is 0 Å². The second-order valence-corrected chi connectivity index (χ2v) is 23.0. The molecule has 0 radical (unpaired) electrons. The predicted molar refractivity (Wildman–Crippen MR) is 303 cm³/mol. The number of esters is 2. The minimum atomic E-state index is -1.76. The van der Waals surface area contributed by atoms with Gasteiger partial charge in [0.05, 0.1) is 19.8 Å². The summed E-state index contributed by atoms with van der Waals surface area (Å²) in [7, 11) is 0. The maximum atomic E-state index is 13.1. The Morgan fingerprint density at radius 3 is 1.01 bits per heavy atom. The summed E-state index contributed by atoms with van der Waals surface area (Å²) in [6.45, 7) is 2.68. The largest absolute Gasteiger partial charge is 0.462 e. The van der Waals surface area contributed by atoms with E-state index < -0.39 is 92.7 Å². The van der Waals surface area contributed by atoms with E-state index in [2.05, 4.69) is 13.8 Å². The normalized spacial score (nSPS) is 24.1. The van der Waals surface area contributed by atoms with E-state index in [1.165, 1.54) is 212 Å². The maximum absolute atomic E-state index is 13.1. The molecule has 77 heavy (non-hydrogen) atoms. The van der Waals surface area contributed by atoms with E-state index in [4.69, 9.17) is 28.4 Å². The Labute approximate surface area is 468 Å². The first kappa shape index (κ1) is 71.6. The molecule has 0 bridgehead atoms. The van der Waals surface area contributed by atoms with E-state index in [9.17, 15) is 45.3 Å². The molecule has 11 atom stereocenters. The minimum Gasteiger partial charge on any atom is -0.462 e. The van der Waals surface area contributed by atoms with Gasteiger partial charge in [-0.1, -0.05) is 264 Å². The molecular weight excluding hydrogens is 985 g/mol. The van der Waals surface area contributed by atoms with Crippen LogP contribution >= 0.6 is 0 Å². The molecule has 456 valence electrons. The van der Waals surface area contributed by atoms with Crippen molar-refractivity contribution >= 4 is 11.9 Å². The summed E-state index contributed by atoms with van der Waals surface area (Å²) in [4.78, 5) is 26.0. The number of hydrogen-bond acceptors (Lipinski definition) is 15. The summed E-state index contributed by atoms with van der Waals surface area (Å²) in [5.41, 5.74) is 0. The monoisotopic (exact) mass is 1100 g/mol. The van der Waals surface area contributed by atoms with E-state index in [1.807, 2.05) is 0 Å². The number of aliphatic hydroxyl groups is 7. The van der Waals surface area contributed by atoms with Crippen LogP contribution in [0.15, 0.2) is 0 Å². The Kier molecular flexibility index (Phi) is 45.7. The summed E-state index contributed by atoms with van der Waals surface area (Å²) in [5, 5.41) is 72.4. The second-order valence-electron chi connectivity index (χ2n) is 23.0. The van der Waals surface area contributed by atoms with Crippen molar-refractivity contribution in [3.63, 3.8) is 0 Å². The number of ether oxygens (including phenoxy) is 6. The van der Waals surface area contributed by atoms with E-state index in [-0.39, 0.29) is 26.1 Å². The molecule has 0 spiro atoms. The molecule has 0 amide bonds. The quantitative estimate of drug-likeness (QED) is 0.0222. The molecule has 2 heterocycles. The Morgan fingerprint density at radius 1 is 0.364 bits per heavy atom.